The summed E-state index contributed by atoms with van der Waals surface area (Å²) in [6, 6.07) is 0.272. The third-order valence-electron chi connectivity index (χ3n) is 2.14. The molecule has 0 aromatic carbocycles. The molecule has 0 fully saturated rings. The van der Waals surface area contributed by atoms with Gasteiger partial charge in [0, 0.05) is 12.5 Å². The molecule has 0 aliphatic heterocycles. The van der Waals surface area contributed by atoms with Crippen LogP contribution in [0.4, 0.5) is 0 Å². The molecule has 3 N–H and O–H groups in total. The maximum Gasteiger partial charge on any atom is 0.303 e. The van der Waals surface area contributed by atoms with E-state index in [-0.39, 0.29) is 12.5 Å². The van der Waals surface area contributed by atoms with Gasteiger partial charge in [0.15, 0.2) is 0 Å². The fraction of sp³-hybridized carbons (Fsp3) is 0.900. The Kier molecular flexibility index (Phi) is 7.69. The molecule has 0 saturated carbocycles. The second kappa shape index (κ2) is 8.05. The van der Waals surface area contributed by atoms with Crippen LogP contribution in [0.25, 0.3) is 0 Å². The molecule has 0 aliphatic rings. The summed E-state index contributed by atoms with van der Waals surface area (Å²) in [7, 11) is 0. The Morgan fingerprint density at radius 3 is 2.46 bits per heavy atom. The Hall–Kier alpha value is -0.570. The van der Waals surface area contributed by atoms with Crippen LogP contribution in [0.1, 0.15) is 51.9 Å². The van der Waals surface area contributed by atoms with E-state index < -0.39 is 5.97 Å². The van der Waals surface area contributed by atoms with Crippen molar-refractivity contribution in [3.05, 3.63) is 0 Å². The molecular weight excluding hydrogens is 166 g/mol. The molecule has 1 atom stereocenters. The number of hydrogen-bond acceptors (Lipinski definition) is 2. The zero-order valence-electron chi connectivity index (χ0n) is 8.46. The van der Waals surface area contributed by atoms with Crippen LogP contribution in [-0.2, 0) is 4.79 Å². The summed E-state index contributed by atoms with van der Waals surface area (Å²) in [5.74, 6) is -0.706. The molecule has 0 aromatic rings. The van der Waals surface area contributed by atoms with E-state index in [1.807, 2.05) is 0 Å². The number of hydrogen-bond donors (Lipinski definition) is 2. The van der Waals surface area contributed by atoms with Crippen molar-refractivity contribution in [3.8, 4) is 0 Å². The van der Waals surface area contributed by atoms with Crippen LogP contribution in [0.15, 0.2) is 0 Å². The molecule has 0 saturated heterocycles. The van der Waals surface area contributed by atoms with E-state index in [0.29, 0.717) is 0 Å². The van der Waals surface area contributed by atoms with E-state index in [9.17, 15) is 4.79 Å². The first-order chi connectivity index (χ1) is 6.16. The van der Waals surface area contributed by atoms with Crippen molar-refractivity contribution in [2.45, 2.75) is 57.9 Å². The Bertz CT molecular complexity index is 137. The predicted octanol–water partition coefficient (Wildman–Crippen LogP) is 2.15. The van der Waals surface area contributed by atoms with Gasteiger partial charge < -0.3 is 10.8 Å². The molecule has 78 valence electrons. The van der Waals surface area contributed by atoms with Gasteiger partial charge in [0.2, 0.25) is 0 Å². The van der Waals surface area contributed by atoms with Crippen molar-refractivity contribution in [1.29, 1.82) is 0 Å². The van der Waals surface area contributed by atoms with Gasteiger partial charge in [-0.3, -0.25) is 4.79 Å². The second-order valence-corrected chi connectivity index (χ2v) is 3.54. The minimum Gasteiger partial charge on any atom is -0.481 e. The number of carboxylic acids is 1. The summed E-state index contributed by atoms with van der Waals surface area (Å²) < 4.78 is 0. The average molecular weight is 187 g/mol. The van der Waals surface area contributed by atoms with Crippen LogP contribution in [-0.4, -0.2) is 17.1 Å². The monoisotopic (exact) mass is 187 g/mol. The molecule has 0 amide bonds. The SMILES string of the molecule is CCCCC(N)CCCCC(=O)O. The molecule has 0 spiro atoms. The first kappa shape index (κ1) is 12.4. The highest BCUT2D eigenvalue weighted by Gasteiger charge is 2.02. The summed E-state index contributed by atoms with van der Waals surface area (Å²) >= 11 is 0. The standard InChI is InChI=1S/C10H21NO2/c1-2-3-6-9(11)7-4-5-8-10(12)13/h9H,2-8,11H2,1H3,(H,12,13). The molecule has 0 rings (SSSR count). The van der Waals surface area contributed by atoms with Gasteiger partial charge in [-0.25, -0.2) is 0 Å². The third kappa shape index (κ3) is 9.34. The van der Waals surface area contributed by atoms with E-state index in [1.165, 1.54) is 12.8 Å². The van der Waals surface area contributed by atoms with Crippen molar-refractivity contribution in [2.75, 3.05) is 0 Å². The summed E-state index contributed by atoms with van der Waals surface area (Å²) in [4.78, 5) is 10.2. The third-order valence-corrected chi connectivity index (χ3v) is 2.14. The summed E-state index contributed by atoms with van der Waals surface area (Å²) in [5, 5.41) is 8.39. The molecule has 0 aliphatic carbocycles. The summed E-state index contributed by atoms with van der Waals surface area (Å²) in [5.41, 5.74) is 5.83. The van der Waals surface area contributed by atoms with Crippen LogP contribution in [0.3, 0.4) is 0 Å². The predicted molar refractivity (Wildman–Crippen MR) is 53.6 cm³/mol. The Morgan fingerprint density at radius 2 is 1.92 bits per heavy atom. The number of aliphatic carboxylic acids is 1. The lowest BCUT2D eigenvalue weighted by molar-refractivity contribution is -0.137. The molecule has 1 unspecified atom stereocenters. The molecular formula is C10H21NO2. The largest absolute Gasteiger partial charge is 0.481 e. The molecule has 0 aromatic heterocycles. The van der Waals surface area contributed by atoms with Crippen LogP contribution in [0, 0.1) is 0 Å². The van der Waals surface area contributed by atoms with Crippen LogP contribution < -0.4 is 5.73 Å². The lowest BCUT2D eigenvalue weighted by Crippen LogP contribution is -2.19. The summed E-state index contributed by atoms with van der Waals surface area (Å²) in [6.07, 6.45) is 6.38. The molecule has 3 heteroatoms. The van der Waals surface area contributed by atoms with Gasteiger partial charge in [-0.1, -0.05) is 26.2 Å². The van der Waals surface area contributed by atoms with Crippen LogP contribution >= 0.6 is 0 Å². The smallest absolute Gasteiger partial charge is 0.303 e. The number of nitrogens with two attached hydrogens (primary N) is 1. The fourth-order valence-corrected chi connectivity index (χ4v) is 1.29. The average Bonchev–Trinajstić information content (AvgIpc) is 2.08. The van der Waals surface area contributed by atoms with Crippen molar-refractivity contribution < 1.29 is 9.90 Å². The quantitative estimate of drug-likeness (QED) is 0.572. The van der Waals surface area contributed by atoms with E-state index >= 15 is 0 Å². The Balaban J connectivity index is 3.16. The van der Waals surface area contributed by atoms with Crippen molar-refractivity contribution in [2.24, 2.45) is 5.73 Å². The normalized spacial score (nSPS) is 12.8. The van der Waals surface area contributed by atoms with E-state index in [1.54, 1.807) is 0 Å². The van der Waals surface area contributed by atoms with Crippen molar-refractivity contribution >= 4 is 5.97 Å². The number of carbonyl (C=O) groups is 1. The molecule has 0 radical (unpaired) electrons. The van der Waals surface area contributed by atoms with Gasteiger partial charge in [0.05, 0.1) is 0 Å². The molecule has 13 heavy (non-hydrogen) atoms. The van der Waals surface area contributed by atoms with Gasteiger partial charge in [-0.15, -0.1) is 0 Å². The maximum absolute atomic E-state index is 10.2. The minimum atomic E-state index is -0.706. The maximum atomic E-state index is 10.2. The van der Waals surface area contributed by atoms with Crippen molar-refractivity contribution in [3.63, 3.8) is 0 Å². The Morgan fingerprint density at radius 1 is 1.31 bits per heavy atom. The van der Waals surface area contributed by atoms with E-state index in [0.717, 1.165) is 25.7 Å². The van der Waals surface area contributed by atoms with Gasteiger partial charge in [-0.2, -0.15) is 0 Å². The second-order valence-electron chi connectivity index (χ2n) is 3.54. The number of unbranched alkanes of at least 4 members (excludes halogenated alkanes) is 2. The van der Waals surface area contributed by atoms with Crippen molar-refractivity contribution in [1.82, 2.24) is 0 Å². The van der Waals surface area contributed by atoms with Gasteiger partial charge in [0.1, 0.15) is 0 Å². The Labute approximate surface area is 80.3 Å². The highest BCUT2D eigenvalue weighted by atomic mass is 16.4. The fourth-order valence-electron chi connectivity index (χ4n) is 1.29. The van der Waals surface area contributed by atoms with E-state index in [2.05, 4.69) is 6.92 Å². The van der Waals surface area contributed by atoms with Crippen LogP contribution in [0.2, 0.25) is 0 Å². The van der Waals surface area contributed by atoms with Gasteiger partial charge in [0.25, 0.3) is 0 Å². The molecule has 0 bridgehead atoms. The number of carboxylic acid groups (broad SMARTS) is 1. The highest BCUT2D eigenvalue weighted by molar-refractivity contribution is 5.66. The first-order valence-corrected chi connectivity index (χ1v) is 5.14. The summed E-state index contributed by atoms with van der Waals surface area (Å²) in [6.45, 7) is 2.15. The minimum absolute atomic E-state index is 0.272. The highest BCUT2D eigenvalue weighted by Crippen LogP contribution is 2.07. The zero-order valence-corrected chi connectivity index (χ0v) is 8.46. The van der Waals surface area contributed by atoms with Crippen LogP contribution in [0.5, 0.6) is 0 Å². The zero-order chi connectivity index (χ0) is 10.1. The molecule has 0 heterocycles. The lowest BCUT2D eigenvalue weighted by Gasteiger charge is -2.09. The van der Waals surface area contributed by atoms with Gasteiger partial charge in [-0.05, 0) is 19.3 Å². The number of rotatable bonds is 8. The lowest BCUT2D eigenvalue weighted by atomic mass is 10.0. The van der Waals surface area contributed by atoms with E-state index in [4.69, 9.17) is 10.8 Å². The topological polar surface area (TPSA) is 63.3 Å². The first-order valence-electron chi connectivity index (χ1n) is 5.14. The molecule has 3 nitrogen and oxygen atoms in total. The van der Waals surface area contributed by atoms with Gasteiger partial charge >= 0.3 is 5.97 Å².